The van der Waals surface area contributed by atoms with Gasteiger partial charge in [-0.15, -0.1) is 5.10 Å². The third-order valence-corrected chi connectivity index (χ3v) is 3.24. The molecule has 0 spiro atoms. The Hall–Kier alpha value is -1.52. The summed E-state index contributed by atoms with van der Waals surface area (Å²) in [5.74, 6) is -1.37. The summed E-state index contributed by atoms with van der Waals surface area (Å²) in [7, 11) is 4.81. The zero-order chi connectivity index (χ0) is 20.3. The Bertz CT molecular complexity index is 860. The fourth-order valence-electron chi connectivity index (χ4n) is 2.10. The Balaban J connectivity index is 0.000000597. The van der Waals surface area contributed by atoms with Crippen molar-refractivity contribution in [1.29, 1.82) is 0 Å². The molecule has 0 atom stereocenters. The number of aromatic nitrogens is 3. The van der Waals surface area contributed by atoms with Crippen LogP contribution in [0.5, 0.6) is 0 Å². The molecule has 0 amide bonds. The first-order valence-electron chi connectivity index (χ1n) is 7.31. The summed E-state index contributed by atoms with van der Waals surface area (Å²) in [4.78, 5) is 3.31. The van der Waals surface area contributed by atoms with Gasteiger partial charge in [0.1, 0.15) is 0 Å². The Morgan fingerprint density at radius 2 is 1.81 bits per heavy atom. The summed E-state index contributed by atoms with van der Waals surface area (Å²) < 4.78 is 57.4. The van der Waals surface area contributed by atoms with Crippen molar-refractivity contribution < 1.29 is 21.6 Å². The van der Waals surface area contributed by atoms with Crippen LogP contribution in [0.1, 0.15) is 43.6 Å². The van der Waals surface area contributed by atoms with E-state index >= 15 is 0 Å². The van der Waals surface area contributed by atoms with Gasteiger partial charge in [0, 0.05) is 21.4 Å². The second-order valence-corrected chi connectivity index (χ2v) is 9.15. The maximum atomic E-state index is 12.7. The van der Waals surface area contributed by atoms with Crippen LogP contribution in [-0.4, -0.2) is 23.2 Å². The van der Waals surface area contributed by atoms with E-state index in [1.54, 1.807) is 6.07 Å². The van der Waals surface area contributed by atoms with Crippen molar-refractivity contribution in [2.24, 2.45) is 0 Å². The zero-order valence-electron chi connectivity index (χ0n) is 14.1. The maximum Gasteiger partial charge on any atom is 0.453 e. The van der Waals surface area contributed by atoms with E-state index in [9.17, 15) is 13.2 Å². The summed E-state index contributed by atoms with van der Waals surface area (Å²) in [5, 5.41) is 3.51. The lowest BCUT2D eigenvalue weighted by molar-refractivity contribution is -0.144. The minimum absolute atomic E-state index is 0.129. The van der Waals surface area contributed by atoms with E-state index in [2.05, 4.69) is 31.4 Å². The molecule has 26 heavy (non-hydrogen) atoms. The molecule has 0 aliphatic rings. The lowest BCUT2D eigenvalue weighted by Crippen LogP contribution is -2.10. The highest BCUT2D eigenvalue weighted by atomic mass is 36.0. The largest absolute Gasteiger partial charge is 0.453 e. The van der Waals surface area contributed by atoms with Crippen LogP contribution in [0.25, 0.3) is 5.69 Å². The van der Waals surface area contributed by atoms with Gasteiger partial charge in [0.25, 0.3) is 5.82 Å². The molecule has 0 saturated heterocycles. The van der Waals surface area contributed by atoms with Crippen molar-refractivity contribution in [1.82, 2.24) is 14.8 Å². The van der Waals surface area contributed by atoms with Crippen LogP contribution in [0, 0.1) is 0 Å². The number of hydrogen-bond donors (Lipinski definition) is 1. The first-order valence-corrected chi connectivity index (χ1v) is 10.4. The Labute approximate surface area is 158 Å². The van der Waals surface area contributed by atoms with Crippen LogP contribution in [-0.2, 0) is 20.9 Å². The molecule has 2 rings (SSSR count). The number of halogens is 5. The van der Waals surface area contributed by atoms with Crippen molar-refractivity contribution in [3.05, 3.63) is 35.2 Å². The molecule has 12 heteroatoms. The molecule has 1 aromatic carbocycles. The summed E-state index contributed by atoms with van der Waals surface area (Å²) in [6.07, 6.45) is -3.76. The highest BCUT2D eigenvalue weighted by molar-refractivity contribution is 8.31. The van der Waals surface area contributed by atoms with E-state index < -0.39 is 20.3 Å². The van der Waals surface area contributed by atoms with E-state index in [-0.39, 0.29) is 11.9 Å². The predicted molar refractivity (Wildman–Crippen MR) is 94.9 cm³/mol. The quantitative estimate of drug-likeness (QED) is 0.731. The molecule has 0 bridgehead atoms. The Morgan fingerprint density at radius 3 is 2.19 bits per heavy atom. The van der Waals surface area contributed by atoms with Crippen molar-refractivity contribution in [2.75, 3.05) is 5.73 Å². The van der Waals surface area contributed by atoms with Crippen LogP contribution in [0.15, 0.2) is 18.2 Å². The molecule has 0 radical (unpaired) electrons. The topological polar surface area (TPSA) is 90.9 Å². The average Bonchev–Trinajstić information content (AvgIpc) is 2.86. The van der Waals surface area contributed by atoms with Crippen molar-refractivity contribution in [3.63, 3.8) is 0 Å². The van der Waals surface area contributed by atoms with Gasteiger partial charge in [0.05, 0.1) is 5.69 Å². The normalized spacial score (nSPS) is 12.0. The third-order valence-electron chi connectivity index (χ3n) is 3.24. The van der Waals surface area contributed by atoms with Gasteiger partial charge in [-0.3, -0.25) is 0 Å². The van der Waals surface area contributed by atoms with E-state index in [4.69, 9.17) is 14.2 Å². The van der Waals surface area contributed by atoms with E-state index in [1.165, 1.54) is 0 Å². The van der Waals surface area contributed by atoms with Gasteiger partial charge in [-0.1, -0.05) is 32.9 Å². The smallest absolute Gasteiger partial charge is 0.368 e. The van der Waals surface area contributed by atoms with Crippen LogP contribution in [0.2, 0.25) is 0 Å². The van der Waals surface area contributed by atoms with Gasteiger partial charge in [0.15, 0.2) is 0 Å². The Kier molecular flexibility index (Phi) is 7.32. The summed E-state index contributed by atoms with van der Waals surface area (Å²) >= 11 is 0. The lowest BCUT2D eigenvalue weighted by Gasteiger charge is -2.14. The van der Waals surface area contributed by atoms with Crippen molar-refractivity contribution >= 4 is 35.6 Å². The van der Waals surface area contributed by atoms with Gasteiger partial charge < -0.3 is 5.73 Å². The van der Waals surface area contributed by atoms with E-state index in [0.29, 0.717) is 5.69 Å². The summed E-state index contributed by atoms with van der Waals surface area (Å²) in [6, 6.07) is 5.56. The molecule has 1 aromatic heterocycles. The number of aryl methyl sites for hydroxylation is 1. The van der Waals surface area contributed by atoms with Crippen LogP contribution in [0.3, 0.4) is 0 Å². The number of hydrogen-bond acceptors (Lipinski definition) is 5. The number of nitrogen functional groups attached to an aromatic ring is 1. The fourth-order valence-corrected chi connectivity index (χ4v) is 2.10. The number of alkyl halides is 3. The van der Waals surface area contributed by atoms with Gasteiger partial charge in [0.2, 0.25) is 5.95 Å². The number of nitrogens with two attached hydrogens (primary N) is 1. The summed E-state index contributed by atoms with van der Waals surface area (Å²) in [5.41, 5.74) is 8.13. The molecule has 0 fully saturated rings. The van der Waals surface area contributed by atoms with Gasteiger partial charge in [-0.05, 0) is 29.5 Å². The zero-order valence-corrected chi connectivity index (χ0v) is 16.4. The average molecular weight is 433 g/mol. The molecular formula is C14H17Cl2F3N4O2S. The highest BCUT2D eigenvalue weighted by Gasteiger charge is 2.37. The first kappa shape index (κ1) is 22.5. The number of rotatable bonds is 3. The number of benzene rings is 1. The Morgan fingerprint density at radius 1 is 1.27 bits per heavy atom. The second kappa shape index (κ2) is 8.45. The lowest BCUT2D eigenvalue weighted by atomic mass is 9.98. The molecular weight excluding hydrogens is 416 g/mol. The minimum Gasteiger partial charge on any atom is -0.368 e. The molecule has 1 heterocycles. The second-order valence-electron chi connectivity index (χ2n) is 5.48. The molecule has 6 nitrogen and oxygen atoms in total. The molecule has 0 saturated carbocycles. The van der Waals surface area contributed by atoms with Gasteiger partial charge in [-0.25, -0.2) is 0 Å². The van der Waals surface area contributed by atoms with Crippen LogP contribution in [0.4, 0.5) is 19.1 Å². The van der Waals surface area contributed by atoms with Crippen LogP contribution >= 0.6 is 21.4 Å². The monoisotopic (exact) mass is 432 g/mol. The highest BCUT2D eigenvalue weighted by Crippen LogP contribution is 2.30. The van der Waals surface area contributed by atoms with Gasteiger partial charge in [-0.2, -0.15) is 31.3 Å². The SMILES string of the molecule is CCc1ccc(-n2nc(C(F)(F)F)nc2N)c(C(C)C)c1.O=S(=O)(Cl)Cl. The third kappa shape index (κ3) is 6.65. The molecule has 2 N–H and O–H groups in total. The van der Waals surface area contributed by atoms with Crippen LogP contribution < -0.4 is 5.73 Å². The van der Waals surface area contributed by atoms with E-state index in [0.717, 1.165) is 22.2 Å². The van der Waals surface area contributed by atoms with Gasteiger partial charge >= 0.3 is 14.4 Å². The molecule has 0 aliphatic carbocycles. The predicted octanol–water partition coefficient (Wildman–Crippen LogP) is 4.26. The molecule has 0 aliphatic heterocycles. The fraction of sp³-hybridized carbons (Fsp3) is 0.429. The molecule has 146 valence electrons. The molecule has 2 aromatic rings. The van der Waals surface area contributed by atoms with Crippen molar-refractivity contribution in [2.45, 2.75) is 39.3 Å². The number of nitrogens with zero attached hydrogens (tertiary/aromatic N) is 3. The first-order chi connectivity index (χ1) is 11.7. The number of anilines is 1. The maximum absolute atomic E-state index is 12.7. The molecule has 0 unspecified atom stereocenters. The minimum atomic E-state index is -4.61. The van der Waals surface area contributed by atoms with E-state index in [1.807, 2.05) is 32.9 Å². The summed E-state index contributed by atoms with van der Waals surface area (Å²) in [6.45, 7) is 5.96. The van der Waals surface area contributed by atoms with Crippen molar-refractivity contribution in [3.8, 4) is 5.69 Å². The standard InChI is InChI=1S/C14H17F3N4.Cl2O2S/c1-4-9-5-6-11(10(7-9)8(2)3)21-13(18)19-12(20-21)14(15,16)17;1-5(2,3)4/h5-8H,4H2,1-3H3,(H2,18,19,20);.